The first-order valence-electron chi connectivity index (χ1n) is 9.60. The SMILES string of the molecule is Cc1nc2c(cnn2-c2ccc(F)cc2)c(=O)n1CCCN1CCC(F)CC1. The lowest BCUT2D eigenvalue weighted by molar-refractivity contribution is 0.148. The molecule has 4 rings (SSSR count). The van der Waals surface area contributed by atoms with E-state index in [0.717, 1.165) is 26.1 Å². The van der Waals surface area contributed by atoms with Gasteiger partial charge in [-0.1, -0.05) is 0 Å². The zero-order valence-electron chi connectivity index (χ0n) is 15.8. The number of aryl methyl sites for hydroxylation is 1. The second kappa shape index (κ2) is 7.79. The van der Waals surface area contributed by atoms with Gasteiger partial charge in [0.1, 0.15) is 23.2 Å². The van der Waals surface area contributed by atoms with Crippen molar-refractivity contribution >= 4 is 11.0 Å². The van der Waals surface area contributed by atoms with E-state index >= 15 is 0 Å². The summed E-state index contributed by atoms with van der Waals surface area (Å²) in [5.41, 5.74) is 0.991. The van der Waals surface area contributed by atoms with Gasteiger partial charge in [0, 0.05) is 19.6 Å². The van der Waals surface area contributed by atoms with Crippen molar-refractivity contribution in [2.45, 2.75) is 38.9 Å². The van der Waals surface area contributed by atoms with Crippen molar-refractivity contribution in [3.63, 3.8) is 0 Å². The maximum atomic E-state index is 13.2. The van der Waals surface area contributed by atoms with Gasteiger partial charge in [0.05, 0.1) is 11.9 Å². The van der Waals surface area contributed by atoms with Crippen molar-refractivity contribution in [1.82, 2.24) is 24.2 Å². The molecular weight excluding hydrogens is 364 g/mol. The largest absolute Gasteiger partial charge is 0.303 e. The summed E-state index contributed by atoms with van der Waals surface area (Å²) in [6.07, 6.45) is 2.82. The Hall–Kier alpha value is -2.61. The van der Waals surface area contributed by atoms with Crippen LogP contribution in [0.2, 0.25) is 0 Å². The summed E-state index contributed by atoms with van der Waals surface area (Å²) in [6.45, 7) is 4.75. The Kier molecular flexibility index (Phi) is 5.21. The van der Waals surface area contributed by atoms with Crippen LogP contribution in [-0.4, -0.2) is 50.0 Å². The molecule has 28 heavy (non-hydrogen) atoms. The quantitative estimate of drug-likeness (QED) is 0.676. The van der Waals surface area contributed by atoms with Gasteiger partial charge in [0.15, 0.2) is 5.65 Å². The first-order chi connectivity index (χ1) is 13.5. The van der Waals surface area contributed by atoms with E-state index in [1.807, 2.05) is 0 Å². The molecule has 0 N–H and O–H groups in total. The minimum Gasteiger partial charge on any atom is -0.303 e. The molecule has 6 nitrogen and oxygen atoms in total. The maximum Gasteiger partial charge on any atom is 0.264 e. The molecule has 148 valence electrons. The molecule has 0 atom stereocenters. The minimum absolute atomic E-state index is 0.127. The van der Waals surface area contributed by atoms with E-state index in [4.69, 9.17) is 0 Å². The van der Waals surface area contributed by atoms with Crippen molar-refractivity contribution in [3.05, 3.63) is 52.5 Å². The highest BCUT2D eigenvalue weighted by Crippen LogP contribution is 2.16. The van der Waals surface area contributed by atoms with Gasteiger partial charge in [-0.3, -0.25) is 9.36 Å². The van der Waals surface area contributed by atoms with E-state index in [-0.39, 0.29) is 11.4 Å². The van der Waals surface area contributed by atoms with Crippen LogP contribution in [0.5, 0.6) is 0 Å². The highest BCUT2D eigenvalue weighted by molar-refractivity contribution is 5.75. The Labute approximate surface area is 161 Å². The van der Waals surface area contributed by atoms with Crippen LogP contribution in [0.3, 0.4) is 0 Å². The van der Waals surface area contributed by atoms with E-state index in [1.165, 1.54) is 18.3 Å². The fourth-order valence-electron chi connectivity index (χ4n) is 3.72. The average molecular weight is 387 g/mol. The zero-order valence-corrected chi connectivity index (χ0v) is 15.8. The third-order valence-corrected chi connectivity index (χ3v) is 5.32. The summed E-state index contributed by atoms with van der Waals surface area (Å²) < 4.78 is 29.6. The molecule has 2 aromatic heterocycles. The molecular formula is C20H23F2N5O. The summed E-state index contributed by atoms with van der Waals surface area (Å²) in [5, 5.41) is 4.71. The molecule has 0 radical (unpaired) electrons. The van der Waals surface area contributed by atoms with Crippen LogP contribution in [0.1, 0.15) is 25.1 Å². The van der Waals surface area contributed by atoms with Gasteiger partial charge in [-0.2, -0.15) is 5.10 Å². The van der Waals surface area contributed by atoms with Gasteiger partial charge in [0.25, 0.3) is 5.56 Å². The van der Waals surface area contributed by atoms with Crippen LogP contribution in [-0.2, 0) is 6.54 Å². The summed E-state index contributed by atoms with van der Waals surface area (Å²) in [7, 11) is 0. The fraction of sp³-hybridized carbons (Fsp3) is 0.450. The number of likely N-dealkylation sites (tertiary alicyclic amines) is 1. The zero-order chi connectivity index (χ0) is 19.7. The maximum absolute atomic E-state index is 13.2. The van der Waals surface area contributed by atoms with Crippen molar-refractivity contribution in [1.29, 1.82) is 0 Å². The molecule has 8 heteroatoms. The second-order valence-corrected chi connectivity index (χ2v) is 7.26. The Bertz CT molecular complexity index is 1020. The normalized spacial score (nSPS) is 16.1. The molecule has 0 bridgehead atoms. The standard InChI is InChI=1S/C20H23F2N5O/c1-14-24-19-18(13-23-27(19)17-5-3-15(21)4-6-17)20(28)26(14)10-2-9-25-11-7-16(22)8-12-25/h3-6,13,16H,2,7-12H2,1H3. The Morgan fingerprint density at radius 3 is 2.57 bits per heavy atom. The van der Waals surface area contributed by atoms with Gasteiger partial charge < -0.3 is 4.90 Å². The van der Waals surface area contributed by atoms with Crippen molar-refractivity contribution in [3.8, 4) is 5.69 Å². The molecule has 3 aromatic rings. The monoisotopic (exact) mass is 387 g/mol. The fourth-order valence-corrected chi connectivity index (χ4v) is 3.72. The van der Waals surface area contributed by atoms with Gasteiger partial charge in [-0.25, -0.2) is 18.4 Å². The van der Waals surface area contributed by atoms with Crippen LogP contribution in [0.4, 0.5) is 8.78 Å². The van der Waals surface area contributed by atoms with Gasteiger partial charge in [-0.05, 0) is 57.0 Å². The van der Waals surface area contributed by atoms with E-state index < -0.39 is 6.17 Å². The molecule has 0 amide bonds. The highest BCUT2D eigenvalue weighted by Gasteiger charge is 2.18. The predicted octanol–water partition coefficient (Wildman–Crippen LogP) is 2.85. The smallest absolute Gasteiger partial charge is 0.264 e. The molecule has 0 aliphatic carbocycles. The molecule has 3 heterocycles. The molecule has 0 unspecified atom stereocenters. The number of hydrogen-bond acceptors (Lipinski definition) is 4. The van der Waals surface area contributed by atoms with Gasteiger partial charge in [-0.15, -0.1) is 0 Å². The van der Waals surface area contributed by atoms with Crippen molar-refractivity contribution in [2.75, 3.05) is 19.6 Å². The van der Waals surface area contributed by atoms with Crippen molar-refractivity contribution in [2.24, 2.45) is 0 Å². The van der Waals surface area contributed by atoms with Gasteiger partial charge in [0.2, 0.25) is 0 Å². The van der Waals surface area contributed by atoms with Crippen LogP contribution in [0.25, 0.3) is 16.7 Å². The Morgan fingerprint density at radius 2 is 1.86 bits per heavy atom. The number of aromatic nitrogens is 4. The number of hydrogen-bond donors (Lipinski definition) is 0. The van der Waals surface area contributed by atoms with E-state index in [1.54, 1.807) is 28.3 Å². The van der Waals surface area contributed by atoms with Crippen LogP contribution in [0, 0.1) is 12.7 Å². The Morgan fingerprint density at radius 1 is 1.14 bits per heavy atom. The molecule has 0 spiro atoms. The van der Waals surface area contributed by atoms with E-state index in [9.17, 15) is 13.6 Å². The number of benzene rings is 1. The van der Waals surface area contributed by atoms with Crippen LogP contribution >= 0.6 is 0 Å². The molecule has 1 aliphatic heterocycles. The summed E-state index contributed by atoms with van der Waals surface area (Å²) in [4.78, 5) is 19.7. The molecule has 1 aliphatic rings. The first kappa shape index (κ1) is 18.7. The lowest BCUT2D eigenvalue weighted by Gasteiger charge is -2.28. The summed E-state index contributed by atoms with van der Waals surface area (Å²) >= 11 is 0. The molecule has 1 fully saturated rings. The Balaban J connectivity index is 1.54. The number of fused-ring (bicyclic) bond motifs is 1. The second-order valence-electron chi connectivity index (χ2n) is 7.26. The number of halogens is 2. The van der Waals surface area contributed by atoms with E-state index in [2.05, 4.69) is 15.0 Å². The topological polar surface area (TPSA) is 56.0 Å². The average Bonchev–Trinajstić information content (AvgIpc) is 3.10. The molecule has 1 saturated heterocycles. The molecule has 0 saturated carbocycles. The highest BCUT2D eigenvalue weighted by atomic mass is 19.1. The number of piperidine rings is 1. The van der Waals surface area contributed by atoms with Gasteiger partial charge >= 0.3 is 0 Å². The number of alkyl halides is 1. The lowest BCUT2D eigenvalue weighted by Crippen LogP contribution is -2.36. The number of nitrogens with zero attached hydrogens (tertiary/aromatic N) is 5. The van der Waals surface area contributed by atoms with Crippen LogP contribution < -0.4 is 5.56 Å². The summed E-state index contributed by atoms with van der Waals surface area (Å²) in [6, 6.07) is 5.90. The minimum atomic E-state index is -0.676. The summed E-state index contributed by atoms with van der Waals surface area (Å²) in [5.74, 6) is 0.284. The molecule has 1 aromatic carbocycles. The lowest BCUT2D eigenvalue weighted by atomic mass is 10.1. The number of rotatable bonds is 5. The third-order valence-electron chi connectivity index (χ3n) is 5.32. The van der Waals surface area contributed by atoms with E-state index in [0.29, 0.717) is 41.9 Å². The van der Waals surface area contributed by atoms with Crippen LogP contribution in [0.15, 0.2) is 35.3 Å². The van der Waals surface area contributed by atoms with Crippen molar-refractivity contribution < 1.29 is 8.78 Å². The first-order valence-corrected chi connectivity index (χ1v) is 9.60. The predicted molar refractivity (Wildman–Crippen MR) is 103 cm³/mol. The third kappa shape index (κ3) is 3.69.